The van der Waals surface area contributed by atoms with E-state index in [2.05, 4.69) is 6.92 Å². The topological polar surface area (TPSA) is 26.0 Å². The molecular weight excluding hydrogens is 201 g/mol. The maximum absolute atomic E-state index is 13.1. The van der Waals surface area contributed by atoms with Crippen LogP contribution in [0.3, 0.4) is 0 Å². The van der Waals surface area contributed by atoms with Crippen LogP contribution in [0.1, 0.15) is 37.8 Å². The van der Waals surface area contributed by atoms with Gasteiger partial charge >= 0.3 is 0 Å². The third-order valence-corrected chi connectivity index (χ3v) is 2.55. The summed E-state index contributed by atoms with van der Waals surface area (Å²) >= 11 is 5.57. The Morgan fingerprint density at radius 2 is 2.21 bits per heavy atom. The summed E-state index contributed by atoms with van der Waals surface area (Å²) in [5.74, 6) is -0.392. The van der Waals surface area contributed by atoms with Crippen LogP contribution in [0.5, 0.6) is 0 Å². The van der Waals surface area contributed by atoms with Crippen molar-refractivity contribution < 1.29 is 4.39 Å². The average Bonchev–Trinajstić information content (AvgIpc) is 2.18. The van der Waals surface area contributed by atoms with Crippen molar-refractivity contribution in [1.29, 1.82) is 0 Å². The van der Waals surface area contributed by atoms with E-state index in [1.807, 2.05) is 0 Å². The maximum atomic E-state index is 13.1. The highest BCUT2D eigenvalue weighted by Gasteiger charge is 2.07. The van der Waals surface area contributed by atoms with Gasteiger partial charge in [0.1, 0.15) is 5.82 Å². The third kappa shape index (κ3) is 2.96. The highest BCUT2D eigenvalue weighted by Crippen LogP contribution is 2.21. The second-order valence-electron chi connectivity index (χ2n) is 3.42. The lowest BCUT2D eigenvalue weighted by Gasteiger charge is -2.11. The number of hydrogen-bond acceptors (Lipinski definition) is 1. The molecule has 1 aromatic rings. The van der Waals surface area contributed by atoms with E-state index in [1.54, 1.807) is 12.1 Å². The summed E-state index contributed by atoms with van der Waals surface area (Å²) in [4.78, 5) is 0. The minimum absolute atomic E-state index is 0.0817. The molecule has 78 valence electrons. The number of unbranched alkanes of at least 4 members (excludes halogenated alkanes) is 1. The van der Waals surface area contributed by atoms with Gasteiger partial charge in [-0.15, -0.1) is 0 Å². The number of benzene rings is 1. The molecule has 2 N–H and O–H groups in total. The molecule has 0 aliphatic carbocycles. The summed E-state index contributed by atoms with van der Waals surface area (Å²) in [6, 6.07) is 4.67. The summed E-state index contributed by atoms with van der Waals surface area (Å²) in [5.41, 5.74) is 6.71. The lowest BCUT2D eigenvalue weighted by Crippen LogP contribution is -2.10. The molecular formula is C11H15ClFN. The van der Waals surface area contributed by atoms with Crippen LogP contribution < -0.4 is 5.73 Å². The van der Waals surface area contributed by atoms with Crippen molar-refractivity contribution in [3.05, 3.63) is 34.6 Å². The molecule has 1 rings (SSSR count). The third-order valence-electron chi connectivity index (χ3n) is 2.24. The van der Waals surface area contributed by atoms with Gasteiger partial charge in [-0.2, -0.15) is 0 Å². The molecule has 0 saturated heterocycles. The van der Waals surface area contributed by atoms with Crippen molar-refractivity contribution >= 4 is 11.6 Å². The summed E-state index contributed by atoms with van der Waals surface area (Å²) in [5, 5.41) is 0.149. The minimum Gasteiger partial charge on any atom is -0.324 e. The molecule has 0 saturated carbocycles. The summed E-state index contributed by atoms with van der Waals surface area (Å²) < 4.78 is 13.1. The highest BCUT2D eigenvalue weighted by molar-refractivity contribution is 6.30. The number of hydrogen-bond donors (Lipinski definition) is 1. The predicted octanol–water partition coefficient (Wildman–Crippen LogP) is 3.67. The van der Waals surface area contributed by atoms with E-state index in [0.29, 0.717) is 0 Å². The van der Waals surface area contributed by atoms with Gasteiger partial charge in [0.05, 0.1) is 5.02 Å². The number of halogens is 2. The molecule has 0 fully saturated rings. The van der Waals surface area contributed by atoms with Crippen LogP contribution in [-0.2, 0) is 0 Å². The first-order valence-corrected chi connectivity index (χ1v) is 5.23. The Bertz CT molecular complexity index is 301. The second-order valence-corrected chi connectivity index (χ2v) is 3.83. The van der Waals surface area contributed by atoms with E-state index in [4.69, 9.17) is 17.3 Å². The van der Waals surface area contributed by atoms with E-state index >= 15 is 0 Å². The summed E-state index contributed by atoms with van der Waals surface area (Å²) in [6.07, 6.45) is 3.05. The molecule has 1 nitrogen and oxygen atoms in total. The number of rotatable bonds is 4. The van der Waals surface area contributed by atoms with Crippen molar-refractivity contribution in [1.82, 2.24) is 0 Å². The van der Waals surface area contributed by atoms with Gasteiger partial charge in [-0.25, -0.2) is 4.39 Å². The molecule has 0 aliphatic heterocycles. The molecule has 0 amide bonds. The minimum atomic E-state index is -0.392. The summed E-state index contributed by atoms with van der Waals surface area (Å²) in [7, 11) is 0. The monoisotopic (exact) mass is 215 g/mol. The SMILES string of the molecule is CCCC[C@H](N)c1ccc(Cl)c(F)c1. The van der Waals surface area contributed by atoms with Crippen LogP contribution in [0.4, 0.5) is 4.39 Å². The van der Waals surface area contributed by atoms with Crippen molar-refractivity contribution in [2.45, 2.75) is 32.2 Å². The Hall–Kier alpha value is -0.600. The van der Waals surface area contributed by atoms with Gasteiger partial charge in [-0.1, -0.05) is 37.4 Å². The van der Waals surface area contributed by atoms with E-state index in [0.717, 1.165) is 24.8 Å². The fourth-order valence-electron chi connectivity index (χ4n) is 1.33. The van der Waals surface area contributed by atoms with Gasteiger partial charge < -0.3 is 5.73 Å². The first-order valence-electron chi connectivity index (χ1n) is 4.85. The van der Waals surface area contributed by atoms with Gasteiger partial charge in [0.25, 0.3) is 0 Å². The van der Waals surface area contributed by atoms with Crippen LogP contribution in [0, 0.1) is 5.82 Å². The highest BCUT2D eigenvalue weighted by atomic mass is 35.5. The lowest BCUT2D eigenvalue weighted by molar-refractivity contribution is 0.588. The zero-order chi connectivity index (χ0) is 10.6. The summed E-state index contributed by atoms with van der Waals surface area (Å²) in [6.45, 7) is 2.11. The first kappa shape index (κ1) is 11.5. The molecule has 0 bridgehead atoms. The average molecular weight is 216 g/mol. The molecule has 3 heteroatoms. The fourth-order valence-corrected chi connectivity index (χ4v) is 1.45. The van der Waals surface area contributed by atoms with Crippen LogP contribution in [-0.4, -0.2) is 0 Å². The Balaban J connectivity index is 2.70. The van der Waals surface area contributed by atoms with Gasteiger partial charge in [0.2, 0.25) is 0 Å². The van der Waals surface area contributed by atoms with Crippen LogP contribution in [0.25, 0.3) is 0 Å². The molecule has 0 spiro atoms. The van der Waals surface area contributed by atoms with Crippen LogP contribution in [0.15, 0.2) is 18.2 Å². The predicted molar refractivity (Wildman–Crippen MR) is 57.9 cm³/mol. The van der Waals surface area contributed by atoms with E-state index in [9.17, 15) is 4.39 Å². The van der Waals surface area contributed by atoms with Gasteiger partial charge in [0.15, 0.2) is 0 Å². The molecule has 1 atom stereocenters. The quantitative estimate of drug-likeness (QED) is 0.815. The van der Waals surface area contributed by atoms with E-state index in [-0.39, 0.29) is 11.1 Å². The standard InChI is InChI=1S/C11H15ClFN/c1-2-3-4-11(14)8-5-6-9(12)10(13)7-8/h5-7,11H,2-4,14H2,1H3/t11-/m0/s1. The Kier molecular flexibility index (Phi) is 4.36. The molecule has 0 heterocycles. The molecule has 14 heavy (non-hydrogen) atoms. The largest absolute Gasteiger partial charge is 0.324 e. The molecule has 0 radical (unpaired) electrons. The smallest absolute Gasteiger partial charge is 0.142 e. The van der Waals surface area contributed by atoms with Crippen molar-refractivity contribution in [2.75, 3.05) is 0 Å². The van der Waals surface area contributed by atoms with Gasteiger partial charge in [0, 0.05) is 6.04 Å². The Morgan fingerprint density at radius 1 is 1.50 bits per heavy atom. The second kappa shape index (κ2) is 5.32. The fraction of sp³-hybridized carbons (Fsp3) is 0.455. The normalized spacial score (nSPS) is 12.9. The maximum Gasteiger partial charge on any atom is 0.142 e. The molecule has 0 aromatic heterocycles. The zero-order valence-corrected chi connectivity index (χ0v) is 9.02. The van der Waals surface area contributed by atoms with Crippen molar-refractivity contribution in [2.24, 2.45) is 5.73 Å². The van der Waals surface area contributed by atoms with Crippen molar-refractivity contribution in [3.8, 4) is 0 Å². The first-order chi connectivity index (χ1) is 6.65. The van der Waals surface area contributed by atoms with Gasteiger partial charge in [-0.3, -0.25) is 0 Å². The van der Waals surface area contributed by atoms with Crippen LogP contribution >= 0.6 is 11.6 Å². The lowest BCUT2D eigenvalue weighted by atomic mass is 10.0. The Labute approximate surface area is 89.1 Å². The zero-order valence-electron chi connectivity index (χ0n) is 8.26. The van der Waals surface area contributed by atoms with E-state index in [1.165, 1.54) is 6.07 Å². The molecule has 1 aromatic carbocycles. The number of nitrogens with two attached hydrogens (primary N) is 1. The van der Waals surface area contributed by atoms with Crippen LogP contribution in [0.2, 0.25) is 5.02 Å². The van der Waals surface area contributed by atoms with Crippen molar-refractivity contribution in [3.63, 3.8) is 0 Å². The Morgan fingerprint density at radius 3 is 2.79 bits per heavy atom. The van der Waals surface area contributed by atoms with E-state index < -0.39 is 5.82 Å². The molecule has 0 aliphatic rings. The molecule has 0 unspecified atom stereocenters. The van der Waals surface area contributed by atoms with Gasteiger partial charge in [-0.05, 0) is 24.1 Å².